The molecule has 170 valence electrons. The zero-order valence-corrected chi connectivity index (χ0v) is 18.9. The molecule has 1 saturated heterocycles. The molecule has 0 bridgehead atoms. The summed E-state index contributed by atoms with van der Waals surface area (Å²) in [6.45, 7) is 4.25. The number of nitrogens with zero attached hydrogens (tertiary/aromatic N) is 6. The lowest BCUT2D eigenvalue weighted by Gasteiger charge is -2.40. The quantitative estimate of drug-likeness (QED) is 0.604. The number of halogens is 1. The minimum absolute atomic E-state index is 0.107. The Labute approximate surface area is 193 Å². The molecule has 0 spiro atoms. The molecule has 2 aliphatic heterocycles. The number of aromatic nitrogens is 4. The normalized spacial score (nSPS) is 20.4. The number of rotatable bonds is 4. The summed E-state index contributed by atoms with van der Waals surface area (Å²) in [5.74, 6) is 2.69. The molecule has 7 heteroatoms. The van der Waals surface area contributed by atoms with E-state index < -0.39 is 0 Å². The molecule has 2 fully saturated rings. The second kappa shape index (κ2) is 7.54. The van der Waals surface area contributed by atoms with E-state index in [1.165, 1.54) is 41.9 Å². The summed E-state index contributed by atoms with van der Waals surface area (Å²) in [5, 5.41) is 4.90. The van der Waals surface area contributed by atoms with Crippen molar-refractivity contribution in [2.45, 2.75) is 63.5 Å². The van der Waals surface area contributed by atoms with Crippen LogP contribution < -0.4 is 9.80 Å². The highest BCUT2D eigenvalue weighted by Crippen LogP contribution is 2.38. The van der Waals surface area contributed by atoms with Crippen LogP contribution in [-0.2, 0) is 25.9 Å². The predicted molar refractivity (Wildman–Crippen MR) is 125 cm³/mol. The first-order chi connectivity index (χ1) is 16.2. The molecule has 7 rings (SSSR count). The molecular weight excluding hydrogens is 415 g/mol. The number of anilines is 2. The first-order valence-electron chi connectivity index (χ1n) is 12.4. The van der Waals surface area contributed by atoms with Crippen molar-refractivity contribution in [2.24, 2.45) is 0 Å². The van der Waals surface area contributed by atoms with Crippen molar-refractivity contribution in [2.75, 3.05) is 29.4 Å². The van der Waals surface area contributed by atoms with Gasteiger partial charge in [-0.1, -0.05) is 24.6 Å². The molecule has 1 saturated carbocycles. The van der Waals surface area contributed by atoms with Crippen molar-refractivity contribution < 1.29 is 4.39 Å². The van der Waals surface area contributed by atoms with Crippen LogP contribution in [0.15, 0.2) is 30.3 Å². The summed E-state index contributed by atoms with van der Waals surface area (Å²) < 4.78 is 16.4. The Balaban J connectivity index is 1.14. The van der Waals surface area contributed by atoms with Crippen molar-refractivity contribution in [3.8, 4) is 0 Å². The van der Waals surface area contributed by atoms with Crippen molar-refractivity contribution in [1.29, 1.82) is 0 Å². The Morgan fingerprint density at radius 2 is 1.79 bits per heavy atom. The van der Waals surface area contributed by atoms with Crippen molar-refractivity contribution in [1.82, 2.24) is 19.7 Å². The summed E-state index contributed by atoms with van der Waals surface area (Å²) in [7, 11) is 0. The summed E-state index contributed by atoms with van der Waals surface area (Å²) in [6, 6.07) is 9.46. The Bertz CT molecular complexity index is 1210. The number of hydrogen-bond acceptors (Lipinski definition) is 5. The van der Waals surface area contributed by atoms with E-state index in [2.05, 4.69) is 20.5 Å². The number of benzene rings is 1. The van der Waals surface area contributed by atoms with Gasteiger partial charge < -0.3 is 9.80 Å². The lowest BCUT2D eigenvalue weighted by atomic mass is 9.83. The largest absolute Gasteiger partial charge is 0.348 e. The highest BCUT2D eigenvalue weighted by molar-refractivity contribution is 5.56. The second-order valence-corrected chi connectivity index (χ2v) is 10.1. The predicted octanol–water partition coefficient (Wildman–Crippen LogP) is 4.19. The summed E-state index contributed by atoms with van der Waals surface area (Å²) >= 11 is 0. The Morgan fingerprint density at radius 3 is 2.61 bits per heavy atom. The molecule has 0 unspecified atom stereocenters. The lowest BCUT2D eigenvalue weighted by molar-refractivity contribution is 0.404. The van der Waals surface area contributed by atoms with Crippen LogP contribution in [0.4, 0.5) is 16.2 Å². The van der Waals surface area contributed by atoms with E-state index in [0.717, 1.165) is 69.3 Å². The van der Waals surface area contributed by atoms with Gasteiger partial charge in [0.15, 0.2) is 0 Å². The van der Waals surface area contributed by atoms with Crippen LogP contribution in [0.5, 0.6) is 0 Å². The SMILES string of the molecule is Fc1ccccc1C1CN(c2nc3c(c(N4CCn5nc(C6CCC6)cc5C4)n2)CCC3)C1. The van der Waals surface area contributed by atoms with Crippen LogP contribution in [0.1, 0.15) is 65.7 Å². The summed E-state index contributed by atoms with van der Waals surface area (Å²) in [5.41, 5.74) is 5.93. The molecule has 0 radical (unpaired) electrons. The van der Waals surface area contributed by atoms with Gasteiger partial charge in [-0.25, -0.2) is 9.37 Å². The average molecular weight is 445 g/mol. The van der Waals surface area contributed by atoms with Crippen molar-refractivity contribution >= 4 is 11.8 Å². The van der Waals surface area contributed by atoms with Gasteiger partial charge >= 0.3 is 0 Å². The van der Waals surface area contributed by atoms with Crippen LogP contribution in [-0.4, -0.2) is 39.4 Å². The lowest BCUT2D eigenvalue weighted by Crippen LogP contribution is -2.46. The molecule has 0 N–H and O–H groups in total. The molecule has 1 aromatic carbocycles. The van der Waals surface area contributed by atoms with Gasteiger partial charge in [-0.3, -0.25) is 4.68 Å². The Kier molecular flexibility index (Phi) is 4.45. The van der Waals surface area contributed by atoms with Gasteiger partial charge in [0.2, 0.25) is 5.95 Å². The zero-order chi connectivity index (χ0) is 21.9. The third kappa shape index (κ3) is 3.23. The third-order valence-corrected chi connectivity index (χ3v) is 8.05. The van der Waals surface area contributed by atoms with Gasteiger partial charge in [0.05, 0.1) is 30.2 Å². The highest BCUT2D eigenvalue weighted by Gasteiger charge is 2.34. The van der Waals surface area contributed by atoms with Gasteiger partial charge in [0.1, 0.15) is 11.6 Å². The molecule has 0 amide bonds. The standard InChI is InChI=1S/C26H29FN6/c27-22-9-2-1-7-20(22)18-14-32(15-18)26-28-23-10-4-8-21(23)25(29-26)31-11-12-33-19(16-31)13-24(30-33)17-5-3-6-17/h1-2,7,9,13,17-18H,3-6,8,10-12,14-16H2. The van der Waals surface area contributed by atoms with Gasteiger partial charge in [-0.05, 0) is 49.8 Å². The van der Waals surface area contributed by atoms with Crippen LogP contribution in [0, 0.1) is 5.82 Å². The molecule has 4 aliphatic rings. The molecular formula is C26H29FN6. The molecule has 2 aromatic heterocycles. The van der Waals surface area contributed by atoms with E-state index >= 15 is 0 Å². The summed E-state index contributed by atoms with van der Waals surface area (Å²) in [6.07, 6.45) is 7.14. The second-order valence-electron chi connectivity index (χ2n) is 10.1. The van der Waals surface area contributed by atoms with E-state index in [4.69, 9.17) is 15.1 Å². The van der Waals surface area contributed by atoms with Crippen molar-refractivity contribution in [3.05, 3.63) is 64.4 Å². The van der Waals surface area contributed by atoms with Crippen molar-refractivity contribution in [3.63, 3.8) is 0 Å². The molecule has 33 heavy (non-hydrogen) atoms. The number of hydrogen-bond donors (Lipinski definition) is 0. The molecule has 0 atom stereocenters. The number of aryl methyl sites for hydroxylation is 1. The van der Waals surface area contributed by atoms with Gasteiger partial charge in [0, 0.05) is 37.0 Å². The number of fused-ring (bicyclic) bond motifs is 2. The van der Waals surface area contributed by atoms with E-state index in [0.29, 0.717) is 5.92 Å². The molecule has 2 aliphatic carbocycles. The zero-order valence-electron chi connectivity index (χ0n) is 18.9. The van der Waals surface area contributed by atoms with Gasteiger partial charge in [-0.2, -0.15) is 10.1 Å². The maximum absolute atomic E-state index is 14.2. The van der Waals surface area contributed by atoms with Gasteiger partial charge in [0.25, 0.3) is 0 Å². The van der Waals surface area contributed by atoms with E-state index in [1.807, 2.05) is 12.1 Å². The average Bonchev–Trinajstić information content (AvgIpc) is 3.38. The van der Waals surface area contributed by atoms with Crippen LogP contribution in [0.3, 0.4) is 0 Å². The first kappa shape index (κ1) is 19.5. The molecule has 3 aromatic rings. The van der Waals surface area contributed by atoms with Crippen LogP contribution in [0.25, 0.3) is 0 Å². The monoisotopic (exact) mass is 444 g/mol. The van der Waals surface area contributed by atoms with Crippen LogP contribution in [0.2, 0.25) is 0 Å². The maximum Gasteiger partial charge on any atom is 0.227 e. The fraction of sp³-hybridized carbons (Fsp3) is 0.500. The smallest absolute Gasteiger partial charge is 0.227 e. The molecule has 6 nitrogen and oxygen atoms in total. The molecule has 4 heterocycles. The minimum atomic E-state index is -0.107. The fourth-order valence-corrected chi connectivity index (χ4v) is 5.82. The first-order valence-corrected chi connectivity index (χ1v) is 12.4. The topological polar surface area (TPSA) is 50.1 Å². The van der Waals surface area contributed by atoms with E-state index in [-0.39, 0.29) is 11.7 Å². The van der Waals surface area contributed by atoms with E-state index in [1.54, 1.807) is 12.1 Å². The summed E-state index contributed by atoms with van der Waals surface area (Å²) in [4.78, 5) is 14.7. The van der Waals surface area contributed by atoms with Crippen LogP contribution >= 0.6 is 0 Å². The maximum atomic E-state index is 14.2. The Morgan fingerprint density at radius 1 is 0.909 bits per heavy atom. The minimum Gasteiger partial charge on any atom is -0.348 e. The fourth-order valence-electron chi connectivity index (χ4n) is 5.82. The third-order valence-electron chi connectivity index (χ3n) is 8.05. The van der Waals surface area contributed by atoms with E-state index in [9.17, 15) is 4.39 Å². The highest BCUT2D eigenvalue weighted by atomic mass is 19.1. The Hall–Kier alpha value is -2.96. The van der Waals surface area contributed by atoms with Gasteiger partial charge in [-0.15, -0.1) is 0 Å².